The number of amides is 1. The number of allylic oxidation sites excluding steroid dienone is 4. The van der Waals surface area contributed by atoms with Crippen molar-refractivity contribution in [3.63, 3.8) is 0 Å². The summed E-state index contributed by atoms with van der Waals surface area (Å²) in [5, 5.41) is 43.5. The van der Waals surface area contributed by atoms with Crippen molar-refractivity contribution in [3.8, 4) is 0 Å². The number of fused-ring (bicyclic) bond motifs is 2. The molecular formula is C20H17N3O8. The van der Waals surface area contributed by atoms with Gasteiger partial charge >= 0.3 is 5.71 Å². The number of hydrogen-bond donors (Lipinski definition) is 5. The molecule has 0 aromatic carbocycles. The zero-order valence-corrected chi connectivity index (χ0v) is 16.1. The van der Waals surface area contributed by atoms with Gasteiger partial charge in [0.05, 0.1) is 11.7 Å². The Morgan fingerprint density at radius 2 is 1.90 bits per heavy atom. The van der Waals surface area contributed by atoms with Crippen LogP contribution in [-0.4, -0.2) is 65.9 Å². The molecule has 11 nitrogen and oxygen atoms in total. The second kappa shape index (κ2) is 6.42. The number of carbonyl (C=O) groups is 4. The van der Waals surface area contributed by atoms with Gasteiger partial charge in [-0.05, 0) is 17.6 Å². The van der Waals surface area contributed by atoms with E-state index in [1.54, 1.807) is 6.92 Å². The van der Waals surface area contributed by atoms with Gasteiger partial charge in [0.15, 0.2) is 11.4 Å². The van der Waals surface area contributed by atoms with Crippen molar-refractivity contribution >= 4 is 29.0 Å². The van der Waals surface area contributed by atoms with Gasteiger partial charge in [-0.1, -0.05) is 6.92 Å². The summed E-state index contributed by atoms with van der Waals surface area (Å²) >= 11 is 0. The van der Waals surface area contributed by atoms with Crippen LogP contribution >= 0.6 is 0 Å². The maximum atomic E-state index is 13.4. The van der Waals surface area contributed by atoms with Gasteiger partial charge in [-0.3, -0.25) is 19.2 Å². The van der Waals surface area contributed by atoms with E-state index in [9.17, 15) is 39.6 Å². The summed E-state index contributed by atoms with van der Waals surface area (Å²) in [5.41, 5.74) is 9.21. The first kappa shape index (κ1) is 20.6. The Labute approximate surface area is 174 Å². The second-order valence-electron chi connectivity index (χ2n) is 7.96. The fraction of sp³-hybridized carbons (Fsp3) is 0.350. The molecule has 4 aliphatic carbocycles. The number of nitrogens with zero attached hydrogens (tertiary/aromatic N) is 2. The first-order valence-electron chi connectivity index (χ1n) is 9.32. The number of nitrogens with two attached hydrogens (primary N) is 1. The highest BCUT2D eigenvalue weighted by molar-refractivity contribution is 6.49. The number of hydrogen-bond acceptors (Lipinski definition) is 8. The largest absolute Gasteiger partial charge is 0.508 e. The van der Waals surface area contributed by atoms with Crippen molar-refractivity contribution in [2.45, 2.75) is 25.0 Å². The number of aliphatic hydroxyl groups excluding tert-OH is 3. The van der Waals surface area contributed by atoms with Crippen molar-refractivity contribution in [1.82, 2.24) is 0 Å². The molecule has 4 rings (SSSR count). The Hall–Kier alpha value is -3.66. The van der Waals surface area contributed by atoms with Crippen molar-refractivity contribution in [2.75, 3.05) is 0 Å². The molecule has 0 bridgehead atoms. The molecule has 31 heavy (non-hydrogen) atoms. The first-order valence-corrected chi connectivity index (χ1v) is 9.32. The molecule has 0 aromatic heterocycles. The van der Waals surface area contributed by atoms with Crippen LogP contribution in [0.1, 0.15) is 13.3 Å². The molecule has 5 atom stereocenters. The van der Waals surface area contributed by atoms with Crippen LogP contribution in [0.2, 0.25) is 0 Å². The van der Waals surface area contributed by atoms with E-state index < -0.39 is 87.5 Å². The lowest BCUT2D eigenvalue weighted by molar-refractivity contribution is -0.161. The highest BCUT2D eigenvalue weighted by Gasteiger charge is 2.65. The smallest absolute Gasteiger partial charge is 0.362 e. The molecule has 11 heteroatoms. The van der Waals surface area contributed by atoms with E-state index in [2.05, 4.69) is 4.79 Å². The molecule has 0 spiro atoms. The first-order chi connectivity index (χ1) is 14.5. The number of aliphatic hydroxyl groups is 4. The lowest BCUT2D eigenvalue weighted by atomic mass is 9.55. The maximum absolute atomic E-state index is 13.4. The lowest BCUT2D eigenvalue weighted by Gasteiger charge is -2.50. The summed E-state index contributed by atoms with van der Waals surface area (Å²) in [6.45, 7) is 1.57. The number of rotatable bonds is 1. The van der Waals surface area contributed by atoms with E-state index in [1.165, 1.54) is 12.2 Å². The Bertz CT molecular complexity index is 1180. The molecule has 0 saturated heterocycles. The predicted molar refractivity (Wildman–Crippen MR) is 100 cm³/mol. The number of primary amides is 1. The van der Waals surface area contributed by atoms with Gasteiger partial charge < -0.3 is 31.7 Å². The molecule has 4 aliphatic rings. The number of ketones is 3. The van der Waals surface area contributed by atoms with Crippen LogP contribution in [0.5, 0.6) is 0 Å². The fourth-order valence-corrected chi connectivity index (χ4v) is 5.05. The van der Waals surface area contributed by atoms with Crippen molar-refractivity contribution in [1.29, 1.82) is 0 Å². The SMILES string of the molecule is C[C@@H]1C2=C(C(=O)C(=[N+]=[N-])C=C2)C(O)=C2C(=O)[C@]3(O)C(O)=C(C(N)=O)C(=O)C[C@@H]3[C@@H](O)[C@@H]21. The summed E-state index contributed by atoms with van der Waals surface area (Å²) in [6, 6.07) is 0. The Morgan fingerprint density at radius 1 is 1.26 bits per heavy atom. The molecule has 1 fully saturated rings. The molecular weight excluding hydrogens is 410 g/mol. The third-order valence-electron chi connectivity index (χ3n) is 6.57. The van der Waals surface area contributed by atoms with Crippen LogP contribution in [0.25, 0.3) is 5.53 Å². The highest BCUT2D eigenvalue weighted by Crippen LogP contribution is 2.53. The van der Waals surface area contributed by atoms with Gasteiger partial charge in [0, 0.05) is 29.9 Å². The molecule has 1 amide bonds. The third-order valence-corrected chi connectivity index (χ3v) is 6.57. The minimum absolute atomic E-state index is 0.265. The molecule has 6 N–H and O–H groups in total. The number of carbonyl (C=O) groups excluding carboxylic acids is 4. The summed E-state index contributed by atoms with van der Waals surface area (Å²) in [6.07, 6.45) is 0.350. The molecule has 1 saturated carbocycles. The predicted octanol–water partition coefficient (Wildman–Crippen LogP) is -1.27. The van der Waals surface area contributed by atoms with Crippen LogP contribution in [0.3, 0.4) is 0 Å². The average Bonchev–Trinajstić information content (AvgIpc) is 2.70. The Balaban J connectivity index is 1.99. The maximum Gasteiger partial charge on any atom is 0.362 e. The van der Waals surface area contributed by atoms with Crippen LogP contribution < -0.4 is 5.73 Å². The normalized spacial score (nSPS) is 35.1. The minimum atomic E-state index is -2.91. The minimum Gasteiger partial charge on any atom is -0.508 e. The standard InChI is InChI=1S/C20H17N3O8/c1-5-6-2-3-8(23-22)15(26)11(6)16(27)13-10(5)14(25)7-4-9(24)12(19(21)30)17(28)20(7,31)18(13)29/h2-3,5,7,10,14,25,27-28,31H,4H2,1H3,(H2,21,30)/t5-,7-,10-,14-,20-/m1/s1. The van der Waals surface area contributed by atoms with E-state index >= 15 is 0 Å². The van der Waals surface area contributed by atoms with Gasteiger partial charge in [0.2, 0.25) is 5.78 Å². The molecule has 0 heterocycles. The van der Waals surface area contributed by atoms with E-state index in [-0.39, 0.29) is 11.1 Å². The zero-order valence-electron chi connectivity index (χ0n) is 16.1. The van der Waals surface area contributed by atoms with E-state index in [0.29, 0.717) is 0 Å². The summed E-state index contributed by atoms with van der Waals surface area (Å²) < 4.78 is 0. The van der Waals surface area contributed by atoms with Gasteiger partial charge in [0.1, 0.15) is 17.1 Å². The van der Waals surface area contributed by atoms with Crippen molar-refractivity contribution in [2.24, 2.45) is 23.5 Å². The Kier molecular flexibility index (Phi) is 4.27. The van der Waals surface area contributed by atoms with Crippen LogP contribution in [0.4, 0.5) is 0 Å². The topological polar surface area (TPSA) is 212 Å². The zero-order chi connectivity index (χ0) is 23.0. The van der Waals surface area contributed by atoms with E-state index in [1.807, 2.05) is 0 Å². The molecule has 160 valence electrons. The van der Waals surface area contributed by atoms with Gasteiger partial charge in [-0.2, -0.15) is 4.79 Å². The van der Waals surface area contributed by atoms with Crippen LogP contribution in [0.15, 0.2) is 46.0 Å². The molecule has 0 radical (unpaired) electrons. The van der Waals surface area contributed by atoms with Crippen LogP contribution in [0, 0.1) is 17.8 Å². The third kappa shape index (κ3) is 2.36. The molecule has 0 aromatic rings. The summed E-state index contributed by atoms with van der Waals surface area (Å²) in [7, 11) is 0. The lowest BCUT2D eigenvalue weighted by Crippen LogP contribution is -2.64. The number of Topliss-reactive ketones (excluding diaryl/α,β-unsaturated/α-hetero) is 3. The van der Waals surface area contributed by atoms with Gasteiger partial charge in [0.25, 0.3) is 11.7 Å². The summed E-state index contributed by atoms with van der Waals surface area (Å²) in [5.74, 6) is -9.99. The quantitative estimate of drug-likeness (QED) is 0.147. The monoisotopic (exact) mass is 427 g/mol. The van der Waals surface area contributed by atoms with Crippen molar-refractivity contribution in [3.05, 3.63) is 51.5 Å². The highest BCUT2D eigenvalue weighted by atomic mass is 16.4. The average molecular weight is 427 g/mol. The Morgan fingerprint density at radius 3 is 2.48 bits per heavy atom. The fourth-order valence-electron chi connectivity index (χ4n) is 5.05. The molecule has 0 unspecified atom stereocenters. The van der Waals surface area contributed by atoms with Gasteiger partial charge in [-0.25, -0.2) is 0 Å². The second-order valence-corrected chi connectivity index (χ2v) is 7.96. The summed E-state index contributed by atoms with van der Waals surface area (Å²) in [4.78, 5) is 52.8. The van der Waals surface area contributed by atoms with E-state index in [4.69, 9.17) is 11.3 Å². The van der Waals surface area contributed by atoms with Gasteiger partial charge in [-0.15, -0.1) is 0 Å². The van der Waals surface area contributed by atoms with Crippen molar-refractivity contribution < 1.29 is 44.4 Å². The molecule has 0 aliphatic heterocycles. The van der Waals surface area contributed by atoms with E-state index in [0.717, 1.165) is 0 Å². The van der Waals surface area contributed by atoms with Crippen LogP contribution in [-0.2, 0) is 19.2 Å².